The van der Waals surface area contributed by atoms with Crippen LogP contribution in [0.3, 0.4) is 0 Å². The maximum absolute atomic E-state index is 11.4. The molecule has 0 fully saturated rings. The van der Waals surface area contributed by atoms with Crippen LogP contribution in [0.1, 0.15) is 11.1 Å². The van der Waals surface area contributed by atoms with Crippen LogP contribution in [0.5, 0.6) is 0 Å². The zero-order valence-electron chi connectivity index (χ0n) is 9.46. The molecule has 0 atom stereocenters. The van der Waals surface area contributed by atoms with E-state index in [4.69, 9.17) is 0 Å². The Kier molecular flexibility index (Phi) is 2.68. The summed E-state index contributed by atoms with van der Waals surface area (Å²) in [5.41, 5.74) is 2.09. The van der Waals surface area contributed by atoms with E-state index in [9.17, 15) is 9.90 Å². The maximum atomic E-state index is 11.4. The summed E-state index contributed by atoms with van der Waals surface area (Å²) in [7, 11) is 0. The van der Waals surface area contributed by atoms with E-state index in [-0.39, 0.29) is 0 Å². The Morgan fingerprint density at radius 3 is 2.39 bits per heavy atom. The zero-order chi connectivity index (χ0) is 12.5. The molecule has 3 heteroatoms. The molecule has 0 aromatic heterocycles. The number of carboxylic acid groups (broad SMARTS) is 1. The lowest BCUT2D eigenvalue weighted by molar-refractivity contribution is -0.130. The molecule has 0 aliphatic carbocycles. The van der Waals surface area contributed by atoms with Crippen LogP contribution in [0.15, 0.2) is 58.3 Å². The van der Waals surface area contributed by atoms with Gasteiger partial charge in [0.25, 0.3) is 0 Å². The van der Waals surface area contributed by atoms with Crippen LogP contribution in [-0.2, 0) is 4.79 Å². The standard InChI is InChI=1S/C15H10O2S/c16-15(17)12-9-10-5-1-3-7-13(10)18-14-8-4-2-6-11(12)14/h1-9H,(H,16,17). The number of aliphatic carboxylic acids is 1. The fraction of sp³-hybridized carbons (Fsp3) is 0. The molecule has 1 N–H and O–H groups in total. The molecule has 2 nitrogen and oxygen atoms in total. The van der Waals surface area contributed by atoms with Gasteiger partial charge in [-0.05, 0) is 23.8 Å². The molecule has 0 spiro atoms. The lowest BCUT2D eigenvalue weighted by Gasteiger charge is -2.06. The monoisotopic (exact) mass is 254 g/mol. The Morgan fingerprint density at radius 1 is 0.944 bits per heavy atom. The van der Waals surface area contributed by atoms with Crippen LogP contribution in [0.25, 0.3) is 11.6 Å². The van der Waals surface area contributed by atoms with Gasteiger partial charge in [0.2, 0.25) is 0 Å². The topological polar surface area (TPSA) is 37.3 Å². The first-order chi connectivity index (χ1) is 8.75. The van der Waals surface area contributed by atoms with Crippen LogP contribution in [0.2, 0.25) is 0 Å². The van der Waals surface area contributed by atoms with Gasteiger partial charge in [-0.15, -0.1) is 0 Å². The molecule has 0 amide bonds. The molecular weight excluding hydrogens is 244 g/mol. The third-order valence-corrected chi connectivity index (χ3v) is 4.01. The van der Waals surface area contributed by atoms with Gasteiger partial charge in [0.1, 0.15) is 0 Å². The highest BCUT2D eigenvalue weighted by atomic mass is 32.2. The highest BCUT2D eigenvalue weighted by Crippen LogP contribution is 2.40. The molecule has 2 aromatic rings. The van der Waals surface area contributed by atoms with E-state index in [2.05, 4.69) is 0 Å². The summed E-state index contributed by atoms with van der Waals surface area (Å²) < 4.78 is 0. The van der Waals surface area contributed by atoms with Gasteiger partial charge >= 0.3 is 5.97 Å². The molecule has 0 bridgehead atoms. The molecule has 0 unspecified atom stereocenters. The van der Waals surface area contributed by atoms with Gasteiger partial charge in [-0.25, -0.2) is 4.79 Å². The second-order valence-corrected chi connectivity index (χ2v) is 5.08. The van der Waals surface area contributed by atoms with E-state index in [1.54, 1.807) is 17.8 Å². The van der Waals surface area contributed by atoms with E-state index < -0.39 is 5.97 Å². The number of carbonyl (C=O) groups is 1. The summed E-state index contributed by atoms with van der Waals surface area (Å²) in [6.07, 6.45) is 1.75. The van der Waals surface area contributed by atoms with Gasteiger partial charge in [-0.1, -0.05) is 48.2 Å². The van der Waals surface area contributed by atoms with Gasteiger partial charge in [-0.3, -0.25) is 0 Å². The molecule has 2 aromatic carbocycles. The quantitative estimate of drug-likeness (QED) is 0.841. The van der Waals surface area contributed by atoms with Gasteiger partial charge < -0.3 is 5.11 Å². The number of rotatable bonds is 1. The van der Waals surface area contributed by atoms with Crippen molar-refractivity contribution in [1.82, 2.24) is 0 Å². The minimum absolute atomic E-state index is 0.350. The number of benzene rings is 2. The number of fused-ring (bicyclic) bond motifs is 2. The van der Waals surface area contributed by atoms with Crippen LogP contribution in [0, 0.1) is 0 Å². The highest BCUT2D eigenvalue weighted by Gasteiger charge is 2.19. The third kappa shape index (κ3) is 1.83. The Labute approximate surface area is 109 Å². The van der Waals surface area contributed by atoms with Crippen molar-refractivity contribution in [3.8, 4) is 0 Å². The summed E-state index contributed by atoms with van der Waals surface area (Å²) in [5.74, 6) is -0.889. The first kappa shape index (κ1) is 11.1. The smallest absolute Gasteiger partial charge is 0.336 e. The van der Waals surface area contributed by atoms with Gasteiger partial charge in [0.15, 0.2) is 0 Å². The summed E-state index contributed by atoms with van der Waals surface area (Å²) in [6, 6.07) is 15.5. The highest BCUT2D eigenvalue weighted by molar-refractivity contribution is 7.99. The van der Waals surface area contributed by atoms with E-state index >= 15 is 0 Å². The van der Waals surface area contributed by atoms with Crippen LogP contribution < -0.4 is 0 Å². The lowest BCUT2D eigenvalue weighted by atomic mass is 10.0. The Morgan fingerprint density at radius 2 is 1.61 bits per heavy atom. The summed E-state index contributed by atoms with van der Waals surface area (Å²) in [5, 5.41) is 9.36. The average Bonchev–Trinajstić information content (AvgIpc) is 2.55. The third-order valence-electron chi connectivity index (χ3n) is 2.85. The predicted molar refractivity (Wildman–Crippen MR) is 72.5 cm³/mol. The average molecular weight is 254 g/mol. The van der Waals surface area contributed by atoms with E-state index in [0.717, 1.165) is 20.9 Å². The van der Waals surface area contributed by atoms with E-state index in [1.807, 2.05) is 48.5 Å². The second-order valence-electron chi connectivity index (χ2n) is 4.00. The first-order valence-corrected chi connectivity index (χ1v) is 6.38. The summed E-state index contributed by atoms with van der Waals surface area (Å²) in [6.45, 7) is 0. The normalized spacial score (nSPS) is 13.0. The van der Waals surface area contributed by atoms with Gasteiger partial charge in [0.05, 0.1) is 5.57 Å². The molecule has 88 valence electrons. The number of hydrogen-bond acceptors (Lipinski definition) is 2. The van der Waals surface area contributed by atoms with Crippen molar-refractivity contribution in [2.45, 2.75) is 9.79 Å². The van der Waals surface area contributed by atoms with Crippen molar-refractivity contribution in [1.29, 1.82) is 0 Å². The maximum Gasteiger partial charge on any atom is 0.336 e. The molecular formula is C15H10O2S. The second kappa shape index (κ2) is 4.35. The van der Waals surface area contributed by atoms with Crippen LogP contribution in [-0.4, -0.2) is 11.1 Å². The Balaban J connectivity index is 2.29. The Hall–Kier alpha value is -2.00. The van der Waals surface area contributed by atoms with Crippen molar-refractivity contribution < 1.29 is 9.90 Å². The summed E-state index contributed by atoms with van der Waals surface area (Å²) >= 11 is 1.61. The van der Waals surface area contributed by atoms with Crippen LogP contribution >= 0.6 is 11.8 Å². The molecule has 3 rings (SSSR count). The molecule has 0 saturated heterocycles. The molecule has 1 aliphatic heterocycles. The molecule has 1 aliphatic rings. The fourth-order valence-electron chi connectivity index (χ4n) is 2.00. The minimum atomic E-state index is -0.889. The van der Waals surface area contributed by atoms with Crippen molar-refractivity contribution in [2.24, 2.45) is 0 Å². The predicted octanol–water partition coefficient (Wildman–Crippen LogP) is 3.78. The number of hydrogen-bond donors (Lipinski definition) is 1. The van der Waals surface area contributed by atoms with Gasteiger partial charge in [-0.2, -0.15) is 0 Å². The fourth-order valence-corrected chi connectivity index (χ4v) is 3.06. The van der Waals surface area contributed by atoms with Crippen molar-refractivity contribution in [3.63, 3.8) is 0 Å². The van der Waals surface area contributed by atoms with Crippen molar-refractivity contribution in [3.05, 3.63) is 59.7 Å². The van der Waals surface area contributed by atoms with Crippen molar-refractivity contribution in [2.75, 3.05) is 0 Å². The minimum Gasteiger partial charge on any atom is -0.478 e. The summed E-state index contributed by atoms with van der Waals surface area (Å²) in [4.78, 5) is 13.5. The molecule has 18 heavy (non-hydrogen) atoms. The van der Waals surface area contributed by atoms with E-state index in [1.165, 1.54) is 0 Å². The van der Waals surface area contributed by atoms with Crippen molar-refractivity contribution >= 4 is 29.4 Å². The van der Waals surface area contributed by atoms with Gasteiger partial charge in [0, 0.05) is 15.4 Å². The molecule has 0 radical (unpaired) electrons. The van der Waals surface area contributed by atoms with E-state index in [0.29, 0.717) is 5.57 Å². The zero-order valence-corrected chi connectivity index (χ0v) is 10.3. The molecule has 0 saturated carbocycles. The number of carboxylic acids is 1. The molecule has 1 heterocycles. The SMILES string of the molecule is O=C(O)C1=Cc2ccccc2Sc2ccccc21. The lowest BCUT2D eigenvalue weighted by Crippen LogP contribution is -1.99. The first-order valence-electron chi connectivity index (χ1n) is 5.57. The van der Waals surface area contributed by atoms with Crippen LogP contribution in [0.4, 0.5) is 0 Å². The largest absolute Gasteiger partial charge is 0.478 e. The Bertz CT molecular complexity index is 659.